The maximum Gasteiger partial charge on any atom is 0.253 e. The topological polar surface area (TPSA) is 67.6 Å². The van der Waals surface area contributed by atoms with E-state index >= 15 is 0 Å². The number of carbonyl (C=O) groups is 1. The molecular formula is C14H20FN3O2. The van der Waals surface area contributed by atoms with Gasteiger partial charge in [-0.3, -0.25) is 9.69 Å². The van der Waals surface area contributed by atoms with Gasteiger partial charge in [-0.25, -0.2) is 4.39 Å². The number of nitrogens with zero attached hydrogens (tertiary/aromatic N) is 1. The molecule has 1 aromatic rings. The number of ether oxygens (including phenoxy) is 1. The maximum atomic E-state index is 13.1. The van der Waals surface area contributed by atoms with Crippen LogP contribution in [0, 0.1) is 5.82 Å². The molecule has 0 aromatic heterocycles. The van der Waals surface area contributed by atoms with E-state index in [0.29, 0.717) is 13.2 Å². The van der Waals surface area contributed by atoms with Crippen LogP contribution in [-0.4, -0.2) is 49.7 Å². The molecule has 1 atom stereocenters. The predicted molar refractivity (Wildman–Crippen MR) is 75.0 cm³/mol. The van der Waals surface area contributed by atoms with Crippen molar-refractivity contribution in [3.05, 3.63) is 29.6 Å². The van der Waals surface area contributed by atoms with Crippen molar-refractivity contribution < 1.29 is 13.9 Å². The Balaban J connectivity index is 1.90. The second-order valence-corrected chi connectivity index (χ2v) is 4.83. The molecule has 2 rings (SSSR count). The number of likely N-dealkylation sites (N-methyl/N-ethyl adjacent to an activating group) is 1. The van der Waals surface area contributed by atoms with E-state index in [1.54, 1.807) is 0 Å². The summed E-state index contributed by atoms with van der Waals surface area (Å²) >= 11 is 0. The molecule has 1 heterocycles. The van der Waals surface area contributed by atoms with Gasteiger partial charge in [-0.1, -0.05) is 6.92 Å². The summed E-state index contributed by atoms with van der Waals surface area (Å²) in [6.07, 6.45) is -0.0394. The molecule has 0 radical (unpaired) electrons. The van der Waals surface area contributed by atoms with Gasteiger partial charge in [0.25, 0.3) is 5.91 Å². The third-order valence-electron chi connectivity index (χ3n) is 3.42. The van der Waals surface area contributed by atoms with Crippen molar-refractivity contribution in [3.8, 4) is 0 Å². The number of morpholine rings is 1. The number of anilines is 1. The first-order valence-corrected chi connectivity index (χ1v) is 6.77. The number of hydrogen-bond acceptors (Lipinski definition) is 4. The van der Waals surface area contributed by atoms with Crippen molar-refractivity contribution in [1.82, 2.24) is 10.2 Å². The maximum absolute atomic E-state index is 13.1. The van der Waals surface area contributed by atoms with Crippen molar-refractivity contribution >= 4 is 11.6 Å². The van der Waals surface area contributed by atoms with Crippen LogP contribution >= 0.6 is 0 Å². The first-order valence-electron chi connectivity index (χ1n) is 6.77. The Morgan fingerprint density at radius 1 is 1.60 bits per heavy atom. The summed E-state index contributed by atoms with van der Waals surface area (Å²) < 4.78 is 18.7. The zero-order chi connectivity index (χ0) is 14.5. The number of benzene rings is 1. The minimum absolute atomic E-state index is 0.0394. The van der Waals surface area contributed by atoms with Crippen LogP contribution in [0.2, 0.25) is 0 Å². The Labute approximate surface area is 117 Å². The fourth-order valence-electron chi connectivity index (χ4n) is 2.22. The number of nitrogens with two attached hydrogens (primary N) is 1. The molecule has 20 heavy (non-hydrogen) atoms. The first-order chi connectivity index (χ1) is 9.60. The quantitative estimate of drug-likeness (QED) is 0.803. The molecule has 1 saturated heterocycles. The molecule has 6 heteroatoms. The lowest BCUT2D eigenvalue weighted by Crippen LogP contribution is -2.47. The van der Waals surface area contributed by atoms with Gasteiger partial charge in [-0.2, -0.15) is 0 Å². The Kier molecular flexibility index (Phi) is 4.92. The van der Waals surface area contributed by atoms with Gasteiger partial charge in [-0.05, 0) is 24.7 Å². The van der Waals surface area contributed by atoms with Gasteiger partial charge in [0.05, 0.1) is 18.3 Å². The van der Waals surface area contributed by atoms with Crippen molar-refractivity contribution in [3.63, 3.8) is 0 Å². The Morgan fingerprint density at radius 3 is 3.15 bits per heavy atom. The van der Waals surface area contributed by atoms with E-state index in [2.05, 4.69) is 17.1 Å². The molecule has 1 aromatic carbocycles. The predicted octanol–water partition coefficient (Wildman–Crippen LogP) is 0.858. The number of rotatable bonds is 4. The lowest BCUT2D eigenvalue weighted by molar-refractivity contribution is -0.0246. The first kappa shape index (κ1) is 14.7. The smallest absolute Gasteiger partial charge is 0.253 e. The molecule has 5 nitrogen and oxygen atoms in total. The summed E-state index contributed by atoms with van der Waals surface area (Å²) in [6.45, 7) is 5.81. The number of hydrogen-bond donors (Lipinski definition) is 2. The molecule has 1 fully saturated rings. The highest BCUT2D eigenvalue weighted by Crippen LogP contribution is 2.13. The third-order valence-corrected chi connectivity index (χ3v) is 3.42. The van der Waals surface area contributed by atoms with Gasteiger partial charge in [0, 0.05) is 25.3 Å². The van der Waals surface area contributed by atoms with Gasteiger partial charge in [-0.15, -0.1) is 0 Å². The van der Waals surface area contributed by atoms with Gasteiger partial charge in [0.1, 0.15) is 5.82 Å². The Hall–Kier alpha value is -1.66. The van der Waals surface area contributed by atoms with Crippen molar-refractivity contribution in [1.29, 1.82) is 0 Å². The molecule has 0 saturated carbocycles. The van der Waals surface area contributed by atoms with E-state index in [0.717, 1.165) is 25.7 Å². The van der Waals surface area contributed by atoms with E-state index in [-0.39, 0.29) is 23.3 Å². The van der Waals surface area contributed by atoms with Crippen LogP contribution < -0.4 is 11.1 Å². The van der Waals surface area contributed by atoms with Crippen LogP contribution in [0.15, 0.2) is 18.2 Å². The van der Waals surface area contributed by atoms with Crippen LogP contribution in [0.4, 0.5) is 10.1 Å². The summed E-state index contributed by atoms with van der Waals surface area (Å²) in [7, 11) is 0. The van der Waals surface area contributed by atoms with Gasteiger partial charge >= 0.3 is 0 Å². The minimum Gasteiger partial charge on any atom is -0.398 e. The average Bonchev–Trinajstić information content (AvgIpc) is 2.47. The molecule has 0 aliphatic carbocycles. The number of amides is 1. The van der Waals surface area contributed by atoms with E-state index in [1.807, 2.05) is 0 Å². The fraction of sp³-hybridized carbons (Fsp3) is 0.500. The van der Waals surface area contributed by atoms with Crippen molar-refractivity contribution in [2.24, 2.45) is 0 Å². The summed E-state index contributed by atoms with van der Waals surface area (Å²) in [6, 6.07) is 3.76. The van der Waals surface area contributed by atoms with Crippen molar-refractivity contribution in [2.75, 3.05) is 38.5 Å². The third kappa shape index (κ3) is 3.68. The van der Waals surface area contributed by atoms with E-state index in [1.165, 1.54) is 12.1 Å². The monoisotopic (exact) mass is 281 g/mol. The molecule has 0 spiro atoms. The van der Waals surface area contributed by atoms with Gasteiger partial charge in [0.2, 0.25) is 0 Å². The summed E-state index contributed by atoms with van der Waals surface area (Å²) in [5.41, 5.74) is 6.10. The molecular weight excluding hydrogens is 261 g/mol. The lowest BCUT2D eigenvalue weighted by Gasteiger charge is -2.32. The number of nitrogens with one attached hydrogen (secondary N) is 1. The van der Waals surface area contributed by atoms with Gasteiger partial charge in [0.15, 0.2) is 0 Å². The molecule has 110 valence electrons. The van der Waals surface area contributed by atoms with Crippen LogP contribution in [-0.2, 0) is 4.74 Å². The molecule has 1 aliphatic rings. The average molecular weight is 281 g/mol. The van der Waals surface area contributed by atoms with Crippen LogP contribution in [0.3, 0.4) is 0 Å². The number of nitrogen functional groups attached to an aromatic ring is 1. The summed E-state index contributed by atoms with van der Waals surface area (Å²) in [5.74, 6) is -0.852. The molecule has 1 aliphatic heterocycles. The highest BCUT2D eigenvalue weighted by molar-refractivity contribution is 5.99. The SMILES string of the molecule is CCN1CCOC(CNC(=O)c2cc(F)ccc2N)C1. The van der Waals surface area contributed by atoms with Gasteiger partial charge < -0.3 is 15.8 Å². The number of carbonyl (C=O) groups excluding carboxylic acids is 1. The molecule has 0 bridgehead atoms. The van der Waals surface area contributed by atoms with Crippen LogP contribution in [0.1, 0.15) is 17.3 Å². The fourth-order valence-corrected chi connectivity index (χ4v) is 2.22. The van der Waals surface area contributed by atoms with E-state index in [9.17, 15) is 9.18 Å². The van der Waals surface area contributed by atoms with Crippen molar-refractivity contribution in [2.45, 2.75) is 13.0 Å². The highest BCUT2D eigenvalue weighted by atomic mass is 19.1. The Bertz CT molecular complexity index is 481. The number of halogens is 1. The minimum atomic E-state index is -0.476. The molecule has 1 amide bonds. The molecule has 3 N–H and O–H groups in total. The van der Waals surface area contributed by atoms with Crippen LogP contribution in [0.5, 0.6) is 0 Å². The zero-order valence-electron chi connectivity index (χ0n) is 11.6. The summed E-state index contributed by atoms with van der Waals surface area (Å²) in [4.78, 5) is 14.2. The van der Waals surface area contributed by atoms with E-state index < -0.39 is 5.82 Å². The molecule has 1 unspecified atom stereocenters. The van der Waals surface area contributed by atoms with E-state index in [4.69, 9.17) is 10.5 Å². The summed E-state index contributed by atoms with van der Waals surface area (Å²) in [5, 5.41) is 2.74. The highest BCUT2D eigenvalue weighted by Gasteiger charge is 2.20. The second kappa shape index (κ2) is 6.67. The largest absolute Gasteiger partial charge is 0.398 e. The normalized spacial score (nSPS) is 19.8. The lowest BCUT2D eigenvalue weighted by atomic mass is 10.1. The standard InChI is InChI=1S/C14H20FN3O2/c1-2-18-5-6-20-11(9-18)8-17-14(19)12-7-10(15)3-4-13(12)16/h3-4,7,11H,2,5-6,8-9,16H2,1H3,(H,17,19). The zero-order valence-corrected chi connectivity index (χ0v) is 11.6. The second-order valence-electron chi connectivity index (χ2n) is 4.83. The Morgan fingerprint density at radius 2 is 2.40 bits per heavy atom. The van der Waals surface area contributed by atoms with Crippen LogP contribution in [0.25, 0.3) is 0 Å².